The Morgan fingerprint density at radius 2 is 1.86 bits per heavy atom. The third-order valence-electron chi connectivity index (χ3n) is 2.46. The minimum absolute atomic E-state index is 0.280. The zero-order valence-corrected chi connectivity index (χ0v) is 13.4. The SMILES string of the molecule is CC(C)(C)OC(=O)N(c1ccc[c]([Al])c1)c1ncccn1. The highest BCUT2D eigenvalue weighted by molar-refractivity contribution is 6.32. The Balaban J connectivity index is 2.43. The van der Waals surface area contributed by atoms with Crippen molar-refractivity contribution in [2.45, 2.75) is 26.4 Å². The molecule has 21 heavy (non-hydrogen) atoms. The molecule has 1 aromatic carbocycles. The molecule has 0 aliphatic rings. The molecule has 0 spiro atoms. The Morgan fingerprint density at radius 3 is 2.43 bits per heavy atom. The van der Waals surface area contributed by atoms with Crippen LogP contribution in [0.5, 0.6) is 0 Å². The molecular weight excluding hydrogens is 281 g/mol. The monoisotopic (exact) mass is 297 g/mol. The van der Waals surface area contributed by atoms with Crippen molar-refractivity contribution in [3.8, 4) is 0 Å². The normalized spacial score (nSPS) is 11.0. The van der Waals surface area contributed by atoms with Gasteiger partial charge in [-0.3, -0.25) is 0 Å². The maximum absolute atomic E-state index is 12.5. The number of carbonyl (C=O) groups is 1. The highest BCUT2D eigenvalue weighted by atomic mass is 27.0. The van der Waals surface area contributed by atoms with Crippen LogP contribution in [-0.2, 0) is 4.74 Å². The standard InChI is InChI=1S/C15H16N3O2.Al/c1-15(2,3)20-14(19)18(12-8-5-4-6-9-12)13-16-10-7-11-17-13;/h4-5,7-11H,1-3H3;. The van der Waals surface area contributed by atoms with E-state index in [-0.39, 0.29) is 5.95 Å². The van der Waals surface area contributed by atoms with E-state index in [1.165, 1.54) is 4.90 Å². The quantitative estimate of drug-likeness (QED) is 0.798. The first kappa shape index (κ1) is 15.5. The second-order valence-corrected chi connectivity index (χ2v) is 6.13. The molecule has 0 atom stereocenters. The lowest BCUT2D eigenvalue weighted by molar-refractivity contribution is 0.0597. The number of nitrogens with zero attached hydrogens (tertiary/aromatic N) is 3. The molecular formula is C15H16AlN3O2. The number of hydrogen-bond acceptors (Lipinski definition) is 4. The average Bonchev–Trinajstić information content (AvgIpc) is 2.38. The van der Waals surface area contributed by atoms with Gasteiger partial charge in [0.05, 0.1) is 5.69 Å². The van der Waals surface area contributed by atoms with Crippen LogP contribution in [0, 0.1) is 0 Å². The average molecular weight is 297 g/mol. The molecule has 1 aromatic heterocycles. The number of rotatable bonds is 2. The van der Waals surface area contributed by atoms with Crippen LogP contribution >= 0.6 is 0 Å². The molecule has 6 heteroatoms. The van der Waals surface area contributed by atoms with Crippen molar-refractivity contribution in [1.29, 1.82) is 0 Å². The first-order chi connectivity index (χ1) is 9.87. The number of benzene rings is 1. The third kappa shape index (κ3) is 4.28. The number of hydrogen-bond donors (Lipinski definition) is 0. The first-order valence-corrected chi connectivity index (χ1v) is 7.10. The molecule has 0 aliphatic carbocycles. The van der Waals surface area contributed by atoms with Crippen LogP contribution < -0.4 is 9.33 Å². The molecule has 106 valence electrons. The zero-order chi connectivity index (χ0) is 15.5. The van der Waals surface area contributed by atoms with E-state index >= 15 is 0 Å². The largest absolute Gasteiger partial charge is 0.443 e. The van der Waals surface area contributed by atoms with Crippen LogP contribution in [0.4, 0.5) is 16.4 Å². The van der Waals surface area contributed by atoms with Crippen molar-refractivity contribution in [3.63, 3.8) is 0 Å². The van der Waals surface area contributed by atoms with Gasteiger partial charge in [0.1, 0.15) is 5.60 Å². The van der Waals surface area contributed by atoms with Gasteiger partial charge in [0.2, 0.25) is 5.95 Å². The number of ether oxygens (including phenoxy) is 1. The second kappa shape index (κ2) is 6.25. The van der Waals surface area contributed by atoms with Gasteiger partial charge in [-0.15, -0.1) is 4.43 Å². The highest BCUT2D eigenvalue weighted by Gasteiger charge is 2.26. The number of anilines is 2. The number of carbonyl (C=O) groups excluding carboxylic acids is 1. The van der Waals surface area contributed by atoms with E-state index in [4.69, 9.17) is 4.74 Å². The summed E-state index contributed by atoms with van der Waals surface area (Å²) in [5.41, 5.74) is 0.0610. The van der Waals surface area contributed by atoms with Gasteiger partial charge in [-0.05, 0) is 32.9 Å². The second-order valence-electron chi connectivity index (χ2n) is 5.46. The van der Waals surface area contributed by atoms with Crippen molar-refractivity contribution in [2.75, 3.05) is 4.90 Å². The minimum atomic E-state index is -0.595. The van der Waals surface area contributed by atoms with E-state index in [1.807, 2.05) is 45.0 Å². The Morgan fingerprint density at radius 1 is 1.19 bits per heavy atom. The van der Waals surface area contributed by atoms with Crippen LogP contribution in [0.3, 0.4) is 0 Å². The molecule has 0 aliphatic heterocycles. The molecule has 0 saturated heterocycles. The Bertz CT molecular complexity index is 626. The first-order valence-electron chi connectivity index (χ1n) is 6.52. The van der Waals surface area contributed by atoms with E-state index in [2.05, 4.69) is 26.3 Å². The fraction of sp³-hybridized carbons (Fsp3) is 0.267. The van der Waals surface area contributed by atoms with Crippen molar-refractivity contribution >= 4 is 38.4 Å². The van der Waals surface area contributed by atoms with E-state index in [1.54, 1.807) is 18.5 Å². The Kier molecular flexibility index (Phi) is 4.61. The van der Waals surface area contributed by atoms with Crippen LogP contribution in [0.1, 0.15) is 20.8 Å². The van der Waals surface area contributed by atoms with Gasteiger partial charge in [-0.1, -0.05) is 18.2 Å². The van der Waals surface area contributed by atoms with E-state index < -0.39 is 11.7 Å². The lowest BCUT2D eigenvalue weighted by Crippen LogP contribution is -2.35. The minimum Gasteiger partial charge on any atom is -0.443 e. The van der Waals surface area contributed by atoms with Gasteiger partial charge in [-0.25, -0.2) is 19.7 Å². The summed E-state index contributed by atoms with van der Waals surface area (Å²) in [4.78, 5) is 22.1. The summed E-state index contributed by atoms with van der Waals surface area (Å²) in [6.45, 7) is 5.46. The number of amides is 1. The summed E-state index contributed by atoms with van der Waals surface area (Å²) in [5.74, 6) is 0.280. The molecule has 1 amide bonds. The fourth-order valence-electron chi connectivity index (χ4n) is 1.68. The van der Waals surface area contributed by atoms with Crippen LogP contribution in [0.15, 0.2) is 42.7 Å². The predicted molar refractivity (Wildman–Crippen MR) is 82.2 cm³/mol. The highest BCUT2D eigenvalue weighted by Crippen LogP contribution is 2.23. The van der Waals surface area contributed by atoms with Gasteiger partial charge in [0, 0.05) is 12.4 Å². The topological polar surface area (TPSA) is 55.3 Å². The number of aromatic nitrogens is 2. The van der Waals surface area contributed by atoms with Crippen molar-refractivity contribution in [1.82, 2.24) is 9.97 Å². The fourth-order valence-corrected chi connectivity index (χ4v) is 1.96. The van der Waals surface area contributed by atoms with Gasteiger partial charge < -0.3 is 4.74 Å². The molecule has 2 radical (unpaired) electrons. The molecule has 0 bridgehead atoms. The van der Waals surface area contributed by atoms with Gasteiger partial charge >= 0.3 is 6.09 Å². The summed E-state index contributed by atoms with van der Waals surface area (Å²) in [6, 6.07) is 9.15. The summed E-state index contributed by atoms with van der Waals surface area (Å²) in [6.07, 6.45) is 2.67. The molecule has 1 heterocycles. The molecule has 0 unspecified atom stereocenters. The lowest BCUT2D eigenvalue weighted by atomic mass is 10.2. The maximum Gasteiger partial charge on any atom is 0.421 e. The van der Waals surface area contributed by atoms with Crippen molar-refractivity contribution in [2.24, 2.45) is 0 Å². The maximum atomic E-state index is 12.5. The Labute approximate surface area is 132 Å². The van der Waals surface area contributed by atoms with Crippen molar-refractivity contribution in [3.05, 3.63) is 42.7 Å². The van der Waals surface area contributed by atoms with Gasteiger partial charge in [0.25, 0.3) is 0 Å². The van der Waals surface area contributed by atoms with Gasteiger partial charge in [-0.2, -0.15) is 0 Å². The molecule has 0 N–H and O–H groups in total. The van der Waals surface area contributed by atoms with E-state index in [0.717, 1.165) is 4.43 Å². The zero-order valence-electron chi connectivity index (χ0n) is 12.3. The molecule has 0 fully saturated rings. The summed E-state index contributed by atoms with van der Waals surface area (Å²) in [7, 11) is 0. The van der Waals surface area contributed by atoms with E-state index in [0.29, 0.717) is 5.69 Å². The predicted octanol–water partition coefficient (Wildman–Crippen LogP) is 2.34. The summed E-state index contributed by atoms with van der Waals surface area (Å²) >= 11 is 2.60. The van der Waals surface area contributed by atoms with Crippen LogP contribution in [-0.4, -0.2) is 38.0 Å². The summed E-state index contributed by atoms with van der Waals surface area (Å²) in [5, 5.41) is 0. The molecule has 5 nitrogen and oxygen atoms in total. The van der Waals surface area contributed by atoms with Crippen LogP contribution in [0.25, 0.3) is 0 Å². The van der Waals surface area contributed by atoms with Crippen LogP contribution in [0.2, 0.25) is 0 Å². The van der Waals surface area contributed by atoms with Gasteiger partial charge in [0.15, 0.2) is 16.3 Å². The Hall–Kier alpha value is -1.90. The van der Waals surface area contributed by atoms with E-state index in [9.17, 15) is 4.79 Å². The lowest BCUT2D eigenvalue weighted by Gasteiger charge is -2.26. The molecule has 0 saturated carbocycles. The third-order valence-corrected chi connectivity index (χ3v) is 2.82. The molecule has 2 rings (SSSR count). The van der Waals surface area contributed by atoms with Crippen molar-refractivity contribution < 1.29 is 9.53 Å². The summed E-state index contributed by atoms with van der Waals surface area (Å²) < 4.78 is 6.40. The smallest absolute Gasteiger partial charge is 0.421 e. The molecule has 2 aromatic rings.